The summed E-state index contributed by atoms with van der Waals surface area (Å²) in [7, 11) is 0. The summed E-state index contributed by atoms with van der Waals surface area (Å²) in [6.45, 7) is 4.48. The van der Waals surface area contributed by atoms with Crippen molar-refractivity contribution in [3.8, 4) is 0 Å². The molecule has 0 spiro atoms. The van der Waals surface area contributed by atoms with Gasteiger partial charge in [-0.05, 0) is 32.4 Å². The fourth-order valence-corrected chi connectivity index (χ4v) is 2.57. The summed E-state index contributed by atoms with van der Waals surface area (Å²) in [5.41, 5.74) is 0. The predicted molar refractivity (Wildman–Crippen MR) is 52.6 cm³/mol. The molecule has 0 aromatic carbocycles. The van der Waals surface area contributed by atoms with Gasteiger partial charge in [0.25, 0.3) is 0 Å². The normalized spacial score (nSPS) is 26.5. The maximum atomic E-state index is 9.65. The van der Waals surface area contributed by atoms with Crippen LogP contribution in [0, 0.1) is 0 Å². The van der Waals surface area contributed by atoms with E-state index in [9.17, 15) is 5.11 Å². The predicted octanol–water partition coefficient (Wildman–Crippen LogP) is 1.67. The van der Waals surface area contributed by atoms with Crippen molar-refractivity contribution in [2.75, 3.05) is 12.4 Å². The van der Waals surface area contributed by atoms with Crippen LogP contribution in [0.25, 0.3) is 0 Å². The van der Waals surface area contributed by atoms with Gasteiger partial charge in [-0.15, -0.1) is 0 Å². The molecule has 0 saturated carbocycles. The molecule has 1 saturated heterocycles. The van der Waals surface area contributed by atoms with E-state index in [4.69, 9.17) is 4.74 Å². The maximum Gasteiger partial charge on any atom is 0.0892 e. The van der Waals surface area contributed by atoms with Gasteiger partial charge in [0.2, 0.25) is 0 Å². The van der Waals surface area contributed by atoms with Crippen molar-refractivity contribution in [3.63, 3.8) is 0 Å². The van der Waals surface area contributed by atoms with Crippen LogP contribution in [0.4, 0.5) is 0 Å². The Bertz CT molecular complexity index is 122. The van der Waals surface area contributed by atoms with E-state index in [1.165, 1.54) is 12.2 Å². The molecule has 0 aromatic heterocycles. The molecule has 0 bridgehead atoms. The lowest BCUT2D eigenvalue weighted by Gasteiger charge is -2.18. The largest absolute Gasteiger partial charge is 0.390 e. The topological polar surface area (TPSA) is 29.5 Å². The number of aliphatic hydroxyl groups is 1. The second kappa shape index (κ2) is 5.10. The molecule has 0 aromatic rings. The van der Waals surface area contributed by atoms with Crippen LogP contribution < -0.4 is 0 Å². The smallest absolute Gasteiger partial charge is 0.0892 e. The van der Waals surface area contributed by atoms with Crippen LogP contribution in [0.5, 0.6) is 0 Å². The average Bonchev–Trinajstić information content (AvgIpc) is 2.51. The molecule has 2 unspecified atom stereocenters. The van der Waals surface area contributed by atoms with Crippen LogP contribution in [0.1, 0.15) is 26.7 Å². The highest BCUT2D eigenvalue weighted by molar-refractivity contribution is 8.00. The Balaban J connectivity index is 2.13. The molecule has 12 heavy (non-hydrogen) atoms. The summed E-state index contributed by atoms with van der Waals surface area (Å²) >= 11 is 1.87. The van der Waals surface area contributed by atoms with Gasteiger partial charge in [0.1, 0.15) is 0 Å². The molecule has 3 heteroatoms. The first-order valence-electron chi connectivity index (χ1n) is 4.61. The molecule has 1 fully saturated rings. The van der Waals surface area contributed by atoms with Crippen molar-refractivity contribution in [1.82, 2.24) is 0 Å². The summed E-state index contributed by atoms with van der Waals surface area (Å²) in [5, 5.41) is 10.1. The van der Waals surface area contributed by atoms with Crippen LogP contribution in [-0.4, -0.2) is 34.9 Å². The van der Waals surface area contributed by atoms with Crippen LogP contribution in [0.2, 0.25) is 0 Å². The molecule has 2 atom stereocenters. The third-order valence-corrected chi connectivity index (χ3v) is 3.50. The minimum Gasteiger partial charge on any atom is -0.390 e. The fraction of sp³-hybridized carbons (Fsp3) is 1.00. The lowest BCUT2D eigenvalue weighted by molar-refractivity contribution is 0.00514. The van der Waals surface area contributed by atoms with Gasteiger partial charge < -0.3 is 9.84 Å². The minimum absolute atomic E-state index is 0.228. The SMILES string of the molecule is CC(C)OCC(O)C1CCCS1. The summed E-state index contributed by atoms with van der Waals surface area (Å²) in [6, 6.07) is 0. The molecule has 0 aliphatic carbocycles. The molecule has 0 radical (unpaired) electrons. The van der Waals surface area contributed by atoms with Crippen molar-refractivity contribution in [2.24, 2.45) is 0 Å². The molecule has 0 amide bonds. The molecule has 1 aliphatic heterocycles. The monoisotopic (exact) mass is 190 g/mol. The van der Waals surface area contributed by atoms with E-state index in [-0.39, 0.29) is 12.2 Å². The quantitative estimate of drug-likeness (QED) is 0.731. The van der Waals surface area contributed by atoms with Crippen LogP contribution >= 0.6 is 11.8 Å². The van der Waals surface area contributed by atoms with Crippen molar-refractivity contribution in [3.05, 3.63) is 0 Å². The molecule has 1 N–H and O–H groups in total. The van der Waals surface area contributed by atoms with Crippen molar-refractivity contribution >= 4 is 11.8 Å². The Hall–Kier alpha value is 0.270. The van der Waals surface area contributed by atoms with Gasteiger partial charge in [-0.1, -0.05) is 0 Å². The van der Waals surface area contributed by atoms with E-state index in [1.54, 1.807) is 0 Å². The van der Waals surface area contributed by atoms with Crippen LogP contribution in [0.3, 0.4) is 0 Å². The molecule has 72 valence electrons. The van der Waals surface area contributed by atoms with Gasteiger partial charge >= 0.3 is 0 Å². The summed E-state index contributed by atoms with van der Waals surface area (Å²) in [6.07, 6.45) is 2.35. The lowest BCUT2D eigenvalue weighted by Crippen LogP contribution is -2.27. The Morgan fingerprint density at radius 1 is 1.58 bits per heavy atom. The number of thioether (sulfide) groups is 1. The molecule has 1 aliphatic rings. The molecular formula is C9H18O2S. The molecule has 1 heterocycles. The first-order valence-corrected chi connectivity index (χ1v) is 5.66. The van der Waals surface area contributed by atoms with Gasteiger partial charge in [0.05, 0.1) is 18.8 Å². The number of hydrogen-bond acceptors (Lipinski definition) is 3. The summed E-state index contributed by atoms with van der Waals surface area (Å²) < 4.78 is 5.35. The first kappa shape index (κ1) is 10.4. The van der Waals surface area contributed by atoms with E-state index < -0.39 is 0 Å². The third kappa shape index (κ3) is 3.33. The van der Waals surface area contributed by atoms with Gasteiger partial charge in [0, 0.05) is 5.25 Å². The van der Waals surface area contributed by atoms with Gasteiger partial charge in [-0.2, -0.15) is 11.8 Å². The zero-order valence-electron chi connectivity index (χ0n) is 7.82. The highest BCUT2D eigenvalue weighted by Gasteiger charge is 2.23. The standard InChI is InChI=1S/C9H18O2S/c1-7(2)11-6-8(10)9-4-3-5-12-9/h7-10H,3-6H2,1-2H3. The third-order valence-electron chi connectivity index (χ3n) is 1.99. The van der Waals surface area contributed by atoms with Crippen molar-refractivity contribution in [1.29, 1.82) is 0 Å². The molecule has 1 rings (SSSR count). The fourth-order valence-electron chi connectivity index (χ4n) is 1.30. The Morgan fingerprint density at radius 3 is 2.83 bits per heavy atom. The number of ether oxygens (including phenoxy) is 1. The second-order valence-corrected chi connectivity index (χ2v) is 4.85. The number of hydrogen-bond donors (Lipinski definition) is 1. The Kier molecular flexibility index (Phi) is 4.40. The molecule has 2 nitrogen and oxygen atoms in total. The van der Waals surface area contributed by atoms with E-state index >= 15 is 0 Å². The highest BCUT2D eigenvalue weighted by Crippen LogP contribution is 2.28. The van der Waals surface area contributed by atoms with Crippen LogP contribution in [0.15, 0.2) is 0 Å². The minimum atomic E-state index is -0.264. The van der Waals surface area contributed by atoms with E-state index in [2.05, 4.69) is 0 Å². The second-order valence-electron chi connectivity index (χ2n) is 3.50. The number of aliphatic hydroxyl groups excluding tert-OH is 1. The van der Waals surface area contributed by atoms with Crippen molar-refractivity contribution in [2.45, 2.75) is 44.1 Å². The molecular weight excluding hydrogens is 172 g/mol. The van der Waals surface area contributed by atoms with E-state index in [0.29, 0.717) is 11.9 Å². The maximum absolute atomic E-state index is 9.65. The van der Waals surface area contributed by atoms with Gasteiger partial charge in [-0.3, -0.25) is 0 Å². The van der Waals surface area contributed by atoms with E-state index in [0.717, 1.165) is 6.42 Å². The average molecular weight is 190 g/mol. The number of rotatable bonds is 4. The highest BCUT2D eigenvalue weighted by atomic mass is 32.2. The lowest BCUT2D eigenvalue weighted by atomic mass is 10.2. The zero-order chi connectivity index (χ0) is 8.97. The Labute approximate surface area is 78.7 Å². The van der Waals surface area contributed by atoms with Gasteiger partial charge in [0.15, 0.2) is 0 Å². The van der Waals surface area contributed by atoms with Gasteiger partial charge in [-0.25, -0.2) is 0 Å². The Morgan fingerprint density at radius 2 is 2.33 bits per heavy atom. The zero-order valence-corrected chi connectivity index (χ0v) is 8.64. The van der Waals surface area contributed by atoms with Crippen LogP contribution in [-0.2, 0) is 4.74 Å². The first-order chi connectivity index (χ1) is 5.70. The summed E-state index contributed by atoms with van der Waals surface area (Å²) in [4.78, 5) is 0. The summed E-state index contributed by atoms with van der Waals surface area (Å²) in [5.74, 6) is 1.20. The van der Waals surface area contributed by atoms with E-state index in [1.807, 2.05) is 25.6 Å². The van der Waals surface area contributed by atoms with Crippen molar-refractivity contribution < 1.29 is 9.84 Å².